The molecule has 0 bridgehead atoms. The van der Waals surface area contributed by atoms with E-state index in [1.807, 2.05) is 17.1 Å². The summed E-state index contributed by atoms with van der Waals surface area (Å²) in [6, 6.07) is 10.5. The number of hydrogen-bond acceptors (Lipinski definition) is 4. The summed E-state index contributed by atoms with van der Waals surface area (Å²) in [6.07, 6.45) is 12.3. The van der Waals surface area contributed by atoms with Gasteiger partial charge in [-0.05, 0) is 31.5 Å². The van der Waals surface area contributed by atoms with Gasteiger partial charge in [0.25, 0.3) is 0 Å². The molecular formula is C21H26N6. The van der Waals surface area contributed by atoms with Gasteiger partial charge in [-0.15, -0.1) is 10.2 Å². The Balaban J connectivity index is 1.30. The molecule has 0 aliphatic carbocycles. The number of hydrogen-bond donors (Lipinski definition) is 0. The lowest BCUT2D eigenvalue weighted by atomic mass is 9.96. The van der Waals surface area contributed by atoms with Crippen LogP contribution in [0.5, 0.6) is 0 Å². The minimum Gasteiger partial charge on any atom is -0.330 e. The third-order valence-corrected chi connectivity index (χ3v) is 5.31. The predicted molar refractivity (Wildman–Crippen MR) is 106 cm³/mol. The smallest absolute Gasteiger partial charge is 0.152 e. The first-order valence-corrected chi connectivity index (χ1v) is 9.57. The Morgan fingerprint density at radius 3 is 2.67 bits per heavy atom. The molecule has 0 radical (unpaired) electrons. The first kappa shape index (κ1) is 17.7. The average molecular weight is 362 g/mol. The van der Waals surface area contributed by atoms with Crippen molar-refractivity contribution in [2.75, 3.05) is 19.6 Å². The van der Waals surface area contributed by atoms with Crippen molar-refractivity contribution in [3.8, 4) is 0 Å². The largest absolute Gasteiger partial charge is 0.330 e. The summed E-state index contributed by atoms with van der Waals surface area (Å²) in [5.74, 6) is 2.59. The number of benzene rings is 1. The molecule has 0 N–H and O–H groups in total. The van der Waals surface area contributed by atoms with Crippen molar-refractivity contribution >= 4 is 6.08 Å². The highest BCUT2D eigenvalue weighted by atomic mass is 15.3. The Morgan fingerprint density at radius 1 is 1.11 bits per heavy atom. The SMILES string of the molecule is Cn1c(Cn2ccnc2)nnc1C1CCN(C/C=C/c2ccccc2)CC1. The molecule has 2 aromatic heterocycles. The Bertz CT molecular complexity index is 857. The second kappa shape index (κ2) is 8.31. The van der Waals surface area contributed by atoms with E-state index in [-0.39, 0.29) is 0 Å². The molecule has 0 spiro atoms. The van der Waals surface area contributed by atoms with E-state index in [9.17, 15) is 0 Å². The van der Waals surface area contributed by atoms with Crippen LogP contribution in [-0.2, 0) is 13.6 Å². The van der Waals surface area contributed by atoms with Gasteiger partial charge in [-0.1, -0.05) is 42.5 Å². The topological polar surface area (TPSA) is 51.8 Å². The molecular weight excluding hydrogens is 336 g/mol. The quantitative estimate of drug-likeness (QED) is 0.676. The Morgan fingerprint density at radius 2 is 1.93 bits per heavy atom. The molecule has 1 fully saturated rings. The molecule has 140 valence electrons. The zero-order chi connectivity index (χ0) is 18.5. The van der Waals surface area contributed by atoms with Gasteiger partial charge in [0.15, 0.2) is 5.82 Å². The van der Waals surface area contributed by atoms with E-state index < -0.39 is 0 Å². The fourth-order valence-corrected chi connectivity index (χ4v) is 3.69. The monoisotopic (exact) mass is 362 g/mol. The zero-order valence-corrected chi connectivity index (χ0v) is 15.8. The molecule has 0 unspecified atom stereocenters. The first-order valence-electron chi connectivity index (χ1n) is 9.57. The van der Waals surface area contributed by atoms with Gasteiger partial charge in [0.05, 0.1) is 12.9 Å². The molecule has 6 heteroatoms. The van der Waals surface area contributed by atoms with E-state index in [0.717, 1.165) is 44.1 Å². The molecule has 6 nitrogen and oxygen atoms in total. The molecule has 3 aromatic rings. The van der Waals surface area contributed by atoms with E-state index >= 15 is 0 Å². The van der Waals surface area contributed by atoms with Crippen molar-refractivity contribution < 1.29 is 0 Å². The number of aromatic nitrogens is 5. The molecule has 4 rings (SSSR count). The van der Waals surface area contributed by atoms with E-state index in [2.05, 4.69) is 74.2 Å². The molecule has 0 atom stereocenters. The number of piperidine rings is 1. The van der Waals surface area contributed by atoms with Gasteiger partial charge in [0.2, 0.25) is 0 Å². The van der Waals surface area contributed by atoms with Gasteiger partial charge in [-0.2, -0.15) is 0 Å². The van der Waals surface area contributed by atoms with Crippen LogP contribution in [0, 0.1) is 0 Å². The van der Waals surface area contributed by atoms with Gasteiger partial charge in [0, 0.05) is 31.9 Å². The van der Waals surface area contributed by atoms with Gasteiger partial charge in [0.1, 0.15) is 5.82 Å². The van der Waals surface area contributed by atoms with Crippen LogP contribution in [0.2, 0.25) is 0 Å². The third kappa shape index (κ3) is 4.34. The van der Waals surface area contributed by atoms with Crippen LogP contribution in [0.25, 0.3) is 6.08 Å². The highest BCUT2D eigenvalue weighted by Crippen LogP contribution is 2.26. The molecule has 27 heavy (non-hydrogen) atoms. The highest BCUT2D eigenvalue weighted by molar-refractivity contribution is 5.48. The zero-order valence-electron chi connectivity index (χ0n) is 15.8. The Kier molecular flexibility index (Phi) is 5.44. The fourth-order valence-electron chi connectivity index (χ4n) is 3.69. The van der Waals surface area contributed by atoms with E-state index in [1.54, 1.807) is 6.20 Å². The molecule has 1 saturated heterocycles. The van der Waals surface area contributed by atoms with Crippen molar-refractivity contribution in [2.45, 2.75) is 25.3 Å². The van der Waals surface area contributed by atoms with Crippen molar-refractivity contribution in [1.29, 1.82) is 0 Å². The van der Waals surface area contributed by atoms with Crippen LogP contribution in [0.3, 0.4) is 0 Å². The van der Waals surface area contributed by atoms with Crippen LogP contribution >= 0.6 is 0 Å². The molecule has 1 aromatic carbocycles. The molecule has 3 heterocycles. The third-order valence-electron chi connectivity index (χ3n) is 5.31. The summed E-state index contributed by atoms with van der Waals surface area (Å²) < 4.78 is 4.19. The average Bonchev–Trinajstić information content (AvgIpc) is 3.34. The summed E-state index contributed by atoms with van der Waals surface area (Å²) in [4.78, 5) is 6.60. The lowest BCUT2D eigenvalue weighted by Crippen LogP contribution is -2.33. The molecule has 0 saturated carbocycles. The Hall–Kier alpha value is -2.73. The fraction of sp³-hybridized carbons (Fsp3) is 0.381. The number of likely N-dealkylation sites (tertiary alicyclic amines) is 1. The van der Waals surface area contributed by atoms with Crippen molar-refractivity contribution in [3.63, 3.8) is 0 Å². The van der Waals surface area contributed by atoms with Crippen LogP contribution in [0.15, 0.2) is 55.1 Å². The van der Waals surface area contributed by atoms with Crippen molar-refractivity contribution in [1.82, 2.24) is 29.2 Å². The Labute approximate surface area is 160 Å². The minimum atomic E-state index is 0.494. The molecule has 1 aliphatic heterocycles. The van der Waals surface area contributed by atoms with E-state index in [4.69, 9.17) is 0 Å². The van der Waals surface area contributed by atoms with E-state index in [1.165, 1.54) is 5.56 Å². The van der Waals surface area contributed by atoms with Gasteiger partial charge in [-0.25, -0.2) is 4.98 Å². The maximum absolute atomic E-state index is 4.49. The van der Waals surface area contributed by atoms with Crippen LogP contribution in [0.1, 0.15) is 36.0 Å². The lowest BCUT2D eigenvalue weighted by molar-refractivity contribution is 0.227. The number of nitrogens with zero attached hydrogens (tertiary/aromatic N) is 6. The summed E-state index contributed by atoms with van der Waals surface area (Å²) >= 11 is 0. The summed E-state index contributed by atoms with van der Waals surface area (Å²) in [6.45, 7) is 3.93. The van der Waals surface area contributed by atoms with Crippen LogP contribution in [-0.4, -0.2) is 48.8 Å². The lowest BCUT2D eigenvalue weighted by Gasteiger charge is -2.30. The standard InChI is InChI=1S/C21H26N6/c1-25-20(16-27-15-11-22-17-27)23-24-21(25)19-9-13-26(14-10-19)12-5-8-18-6-3-2-4-7-18/h2-8,11,15,17,19H,9-10,12-14,16H2,1H3/b8-5+. The van der Waals surface area contributed by atoms with Gasteiger partial charge < -0.3 is 9.13 Å². The van der Waals surface area contributed by atoms with Gasteiger partial charge >= 0.3 is 0 Å². The van der Waals surface area contributed by atoms with Crippen LogP contribution < -0.4 is 0 Å². The highest BCUT2D eigenvalue weighted by Gasteiger charge is 2.24. The number of rotatable bonds is 6. The van der Waals surface area contributed by atoms with Gasteiger partial charge in [-0.3, -0.25) is 4.90 Å². The number of imidazole rings is 1. The van der Waals surface area contributed by atoms with Crippen molar-refractivity contribution in [3.05, 3.63) is 72.3 Å². The maximum atomic E-state index is 4.49. The normalized spacial score (nSPS) is 16.3. The second-order valence-electron chi connectivity index (χ2n) is 7.16. The predicted octanol–water partition coefficient (Wildman–Crippen LogP) is 2.95. The van der Waals surface area contributed by atoms with E-state index in [0.29, 0.717) is 12.5 Å². The second-order valence-corrected chi connectivity index (χ2v) is 7.16. The summed E-state index contributed by atoms with van der Waals surface area (Å²) in [7, 11) is 2.08. The summed E-state index contributed by atoms with van der Waals surface area (Å²) in [5.41, 5.74) is 1.26. The molecule has 0 amide bonds. The minimum absolute atomic E-state index is 0.494. The van der Waals surface area contributed by atoms with Crippen molar-refractivity contribution in [2.24, 2.45) is 7.05 Å². The molecule has 1 aliphatic rings. The van der Waals surface area contributed by atoms with Crippen LogP contribution in [0.4, 0.5) is 0 Å². The first-order chi connectivity index (χ1) is 13.3. The summed E-state index contributed by atoms with van der Waals surface area (Å²) in [5, 5.41) is 8.90. The maximum Gasteiger partial charge on any atom is 0.152 e.